The highest BCUT2D eigenvalue weighted by molar-refractivity contribution is 7.90. The van der Waals surface area contributed by atoms with Gasteiger partial charge in [0.2, 0.25) is 5.91 Å². The number of carbonyl (C=O) groups excluding carboxylic acids is 2. The van der Waals surface area contributed by atoms with Gasteiger partial charge in [-0.25, -0.2) is 12.7 Å². The maximum Gasteiger partial charge on any atom is 0.269 e. The first kappa shape index (κ1) is 20.9. The molecular weight excluding hydrogens is 392 g/mol. The van der Waals surface area contributed by atoms with Gasteiger partial charge in [0.05, 0.1) is 12.2 Å². The Hall–Kier alpha value is -2.87. The first-order valence-corrected chi connectivity index (χ1v) is 11.0. The fraction of sp³-hybridized carbons (Fsp3) is 0.333. The van der Waals surface area contributed by atoms with Crippen LogP contribution in [0.1, 0.15) is 35.7 Å². The van der Waals surface area contributed by atoms with Gasteiger partial charge < -0.3 is 10.1 Å². The third kappa shape index (κ3) is 4.59. The Balaban J connectivity index is 1.46. The van der Waals surface area contributed by atoms with Crippen LogP contribution in [-0.2, 0) is 21.2 Å². The number of nitrogens with zero attached hydrogens (tertiary/aromatic N) is 1. The van der Waals surface area contributed by atoms with E-state index in [2.05, 4.69) is 5.32 Å². The molecule has 0 bridgehead atoms. The van der Waals surface area contributed by atoms with Crippen LogP contribution in [0.4, 0.5) is 0 Å². The van der Waals surface area contributed by atoms with Gasteiger partial charge >= 0.3 is 0 Å². The predicted molar refractivity (Wildman–Crippen MR) is 108 cm³/mol. The lowest BCUT2D eigenvalue weighted by Gasteiger charge is -2.15. The van der Waals surface area contributed by atoms with Crippen molar-refractivity contribution >= 4 is 21.8 Å². The first-order chi connectivity index (χ1) is 13.9. The molecule has 29 heavy (non-hydrogen) atoms. The van der Waals surface area contributed by atoms with E-state index in [0.717, 1.165) is 28.5 Å². The van der Waals surface area contributed by atoms with Crippen LogP contribution in [0.5, 0.6) is 5.75 Å². The van der Waals surface area contributed by atoms with Gasteiger partial charge in [0.15, 0.2) is 0 Å². The minimum absolute atomic E-state index is 0.00151. The van der Waals surface area contributed by atoms with E-state index >= 15 is 0 Å². The summed E-state index contributed by atoms with van der Waals surface area (Å²) in [5.74, 6) is -0.0263. The van der Waals surface area contributed by atoms with Crippen molar-refractivity contribution in [3.8, 4) is 5.75 Å². The summed E-state index contributed by atoms with van der Waals surface area (Å²) >= 11 is 0. The van der Waals surface area contributed by atoms with Gasteiger partial charge in [-0.15, -0.1) is 0 Å². The zero-order valence-corrected chi connectivity index (χ0v) is 17.1. The van der Waals surface area contributed by atoms with Gasteiger partial charge in [-0.2, -0.15) is 0 Å². The quantitative estimate of drug-likeness (QED) is 0.634. The Kier molecular flexibility index (Phi) is 6.53. The van der Waals surface area contributed by atoms with Crippen molar-refractivity contribution in [1.82, 2.24) is 9.62 Å². The summed E-state index contributed by atoms with van der Waals surface area (Å²) in [5.41, 5.74) is 1.23. The molecule has 2 aromatic carbocycles. The molecule has 0 radical (unpaired) electrons. The molecule has 0 saturated heterocycles. The lowest BCUT2D eigenvalue weighted by Crippen LogP contribution is -2.35. The number of hydrogen-bond acceptors (Lipinski definition) is 5. The third-order valence-corrected chi connectivity index (χ3v) is 6.51. The van der Waals surface area contributed by atoms with E-state index in [1.807, 2.05) is 31.2 Å². The van der Waals surface area contributed by atoms with Gasteiger partial charge in [0.25, 0.3) is 15.9 Å². The Morgan fingerprint density at radius 3 is 2.59 bits per heavy atom. The van der Waals surface area contributed by atoms with Crippen molar-refractivity contribution < 1.29 is 22.7 Å². The fourth-order valence-corrected chi connectivity index (χ4v) is 4.83. The Morgan fingerprint density at radius 1 is 1.10 bits per heavy atom. The Bertz CT molecular complexity index is 1000. The molecule has 3 rings (SSSR count). The largest absolute Gasteiger partial charge is 0.494 e. The van der Waals surface area contributed by atoms with Crippen molar-refractivity contribution in [2.75, 3.05) is 19.7 Å². The molecule has 1 aliphatic rings. The summed E-state index contributed by atoms with van der Waals surface area (Å²) in [7, 11) is -3.87. The number of hydrogen-bond donors (Lipinski definition) is 1. The number of amides is 2. The van der Waals surface area contributed by atoms with Crippen molar-refractivity contribution in [2.45, 2.75) is 31.1 Å². The standard InChI is InChI=1S/C21H24N2O5S/c1-2-28-18-11-5-3-8-16(18)9-7-14-22-20(24)13-15-23-21(25)17-10-4-6-12-19(17)29(23,26)27/h3-6,8,10-12H,2,7,9,13-15H2,1H3,(H,22,24). The average Bonchev–Trinajstić information content (AvgIpc) is 2.91. The molecule has 0 saturated carbocycles. The summed E-state index contributed by atoms with van der Waals surface area (Å²) in [6.07, 6.45) is 1.40. The highest BCUT2D eigenvalue weighted by Gasteiger charge is 2.40. The smallest absolute Gasteiger partial charge is 0.269 e. The number of benzene rings is 2. The maximum absolute atomic E-state index is 12.5. The second-order valence-electron chi connectivity index (χ2n) is 6.62. The molecule has 2 aromatic rings. The summed E-state index contributed by atoms with van der Waals surface area (Å²) in [4.78, 5) is 24.4. The van der Waals surface area contributed by atoms with Crippen molar-refractivity contribution in [1.29, 1.82) is 0 Å². The number of carbonyl (C=O) groups is 2. The molecule has 7 nitrogen and oxygen atoms in total. The van der Waals surface area contributed by atoms with E-state index < -0.39 is 15.9 Å². The SMILES string of the molecule is CCOc1ccccc1CCCNC(=O)CCN1C(=O)c2ccccc2S1(=O)=O. The predicted octanol–water partition coefficient (Wildman–Crippen LogP) is 2.37. The molecule has 0 spiro atoms. The molecule has 1 aliphatic heterocycles. The Labute approximate surface area is 170 Å². The molecule has 154 valence electrons. The van der Waals surface area contributed by atoms with Crippen LogP contribution in [0.15, 0.2) is 53.4 Å². The number of fused-ring (bicyclic) bond motifs is 1. The van der Waals surface area contributed by atoms with E-state index in [4.69, 9.17) is 4.74 Å². The number of ether oxygens (including phenoxy) is 1. The minimum atomic E-state index is -3.87. The van der Waals surface area contributed by atoms with E-state index in [-0.39, 0.29) is 29.3 Å². The molecule has 1 heterocycles. The Morgan fingerprint density at radius 2 is 1.83 bits per heavy atom. The summed E-state index contributed by atoms with van der Waals surface area (Å²) < 4.78 is 31.3. The highest BCUT2D eigenvalue weighted by atomic mass is 32.2. The van der Waals surface area contributed by atoms with Crippen molar-refractivity contribution in [3.05, 3.63) is 59.7 Å². The van der Waals surface area contributed by atoms with Crippen LogP contribution >= 0.6 is 0 Å². The minimum Gasteiger partial charge on any atom is -0.494 e. The van der Waals surface area contributed by atoms with Gasteiger partial charge in [0.1, 0.15) is 10.6 Å². The molecular formula is C21H24N2O5S. The van der Waals surface area contributed by atoms with E-state index in [0.29, 0.717) is 13.2 Å². The average molecular weight is 416 g/mol. The molecule has 2 amide bonds. The van der Waals surface area contributed by atoms with Gasteiger partial charge in [0, 0.05) is 19.5 Å². The number of nitrogens with one attached hydrogen (secondary N) is 1. The summed E-state index contributed by atoms with van der Waals surface area (Å²) in [6, 6.07) is 13.9. The number of para-hydroxylation sites is 1. The van der Waals surface area contributed by atoms with Crippen LogP contribution in [0.3, 0.4) is 0 Å². The maximum atomic E-state index is 12.5. The lowest BCUT2D eigenvalue weighted by molar-refractivity contribution is -0.121. The zero-order valence-electron chi connectivity index (χ0n) is 16.3. The van der Waals surface area contributed by atoms with E-state index in [9.17, 15) is 18.0 Å². The highest BCUT2D eigenvalue weighted by Crippen LogP contribution is 2.29. The number of sulfonamides is 1. The second kappa shape index (κ2) is 9.09. The van der Waals surface area contributed by atoms with Crippen LogP contribution in [0.2, 0.25) is 0 Å². The zero-order chi connectivity index (χ0) is 20.9. The molecule has 1 N–H and O–H groups in total. The number of rotatable bonds is 9. The summed E-state index contributed by atoms with van der Waals surface area (Å²) in [5, 5.41) is 2.78. The normalized spacial score (nSPS) is 14.5. The monoisotopic (exact) mass is 416 g/mol. The number of aryl methyl sites for hydroxylation is 1. The topological polar surface area (TPSA) is 92.8 Å². The van der Waals surface area contributed by atoms with Crippen molar-refractivity contribution in [2.24, 2.45) is 0 Å². The van der Waals surface area contributed by atoms with Crippen LogP contribution in [0.25, 0.3) is 0 Å². The van der Waals surface area contributed by atoms with Gasteiger partial charge in [-0.1, -0.05) is 30.3 Å². The fourth-order valence-electron chi connectivity index (χ4n) is 3.26. The van der Waals surface area contributed by atoms with E-state index in [1.165, 1.54) is 12.1 Å². The molecule has 0 aliphatic carbocycles. The molecule has 0 unspecified atom stereocenters. The summed E-state index contributed by atoms with van der Waals surface area (Å²) in [6.45, 7) is 2.81. The molecule has 0 atom stereocenters. The third-order valence-electron chi connectivity index (χ3n) is 4.67. The van der Waals surface area contributed by atoms with Gasteiger partial charge in [-0.3, -0.25) is 9.59 Å². The second-order valence-corrected chi connectivity index (χ2v) is 8.45. The van der Waals surface area contributed by atoms with Crippen LogP contribution in [-0.4, -0.2) is 44.2 Å². The first-order valence-electron chi connectivity index (χ1n) is 9.58. The van der Waals surface area contributed by atoms with Gasteiger partial charge in [-0.05, 0) is 43.5 Å². The molecule has 0 fully saturated rings. The van der Waals surface area contributed by atoms with Crippen LogP contribution < -0.4 is 10.1 Å². The van der Waals surface area contributed by atoms with Crippen molar-refractivity contribution in [3.63, 3.8) is 0 Å². The lowest BCUT2D eigenvalue weighted by atomic mass is 10.1. The molecule has 8 heteroatoms. The molecule has 0 aromatic heterocycles. The van der Waals surface area contributed by atoms with E-state index in [1.54, 1.807) is 12.1 Å². The van der Waals surface area contributed by atoms with Crippen LogP contribution in [0, 0.1) is 0 Å².